The summed E-state index contributed by atoms with van der Waals surface area (Å²) < 4.78 is 0. The third-order valence-electron chi connectivity index (χ3n) is 3.62. The van der Waals surface area contributed by atoms with Crippen LogP contribution >= 0.6 is 0 Å². The van der Waals surface area contributed by atoms with Crippen molar-refractivity contribution in [3.63, 3.8) is 0 Å². The molecule has 2 amide bonds. The van der Waals surface area contributed by atoms with E-state index in [1.807, 2.05) is 31.2 Å². The van der Waals surface area contributed by atoms with Gasteiger partial charge in [-0.25, -0.2) is 0 Å². The van der Waals surface area contributed by atoms with Crippen LogP contribution in [0.1, 0.15) is 31.7 Å². The molecule has 0 aliphatic carbocycles. The fourth-order valence-electron chi connectivity index (χ4n) is 2.53. The molecule has 1 atom stereocenters. The topological polar surface area (TPSA) is 61.4 Å². The molecular formula is C16H23N3O2. The second kappa shape index (κ2) is 7.22. The molecular weight excluding hydrogens is 266 g/mol. The summed E-state index contributed by atoms with van der Waals surface area (Å²) in [4.78, 5) is 25.6. The molecule has 1 aliphatic rings. The molecule has 2 N–H and O–H groups in total. The van der Waals surface area contributed by atoms with Crippen molar-refractivity contribution < 1.29 is 9.59 Å². The third-order valence-corrected chi connectivity index (χ3v) is 3.62. The zero-order valence-electron chi connectivity index (χ0n) is 12.7. The van der Waals surface area contributed by atoms with E-state index in [0.29, 0.717) is 13.1 Å². The van der Waals surface area contributed by atoms with Gasteiger partial charge in [0.15, 0.2) is 0 Å². The average molecular weight is 289 g/mol. The van der Waals surface area contributed by atoms with Gasteiger partial charge in [0.1, 0.15) is 6.54 Å². The van der Waals surface area contributed by atoms with Crippen LogP contribution in [0.4, 0.5) is 5.69 Å². The Hall–Kier alpha value is -1.88. The van der Waals surface area contributed by atoms with E-state index in [-0.39, 0.29) is 24.4 Å². The Morgan fingerprint density at radius 3 is 2.95 bits per heavy atom. The van der Waals surface area contributed by atoms with Gasteiger partial charge in [0.2, 0.25) is 11.8 Å². The van der Waals surface area contributed by atoms with Crippen molar-refractivity contribution in [3.8, 4) is 0 Å². The lowest BCUT2D eigenvalue weighted by Crippen LogP contribution is -2.52. The minimum atomic E-state index is -0.162. The van der Waals surface area contributed by atoms with Crippen LogP contribution in [-0.2, 0) is 9.59 Å². The highest BCUT2D eigenvalue weighted by molar-refractivity contribution is 5.94. The Morgan fingerprint density at radius 1 is 1.48 bits per heavy atom. The summed E-state index contributed by atoms with van der Waals surface area (Å²) in [5.74, 6) is -0.115. The number of carbonyl (C=O) groups is 2. The number of anilines is 1. The van der Waals surface area contributed by atoms with Crippen LogP contribution in [0, 0.1) is 6.92 Å². The van der Waals surface area contributed by atoms with Crippen molar-refractivity contribution in [2.24, 2.45) is 0 Å². The first-order chi connectivity index (χ1) is 10.1. The molecule has 1 unspecified atom stereocenters. The molecule has 1 fully saturated rings. The second-order valence-electron chi connectivity index (χ2n) is 5.56. The number of aryl methyl sites for hydroxylation is 1. The first-order valence-electron chi connectivity index (χ1n) is 7.46. The van der Waals surface area contributed by atoms with Gasteiger partial charge in [-0.05, 0) is 31.0 Å². The number of benzene rings is 1. The van der Waals surface area contributed by atoms with Crippen LogP contribution < -0.4 is 10.6 Å². The Balaban J connectivity index is 1.84. The van der Waals surface area contributed by atoms with E-state index in [1.165, 1.54) is 0 Å². The largest absolute Gasteiger partial charge is 0.325 e. The summed E-state index contributed by atoms with van der Waals surface area (Å²) in [5.41, 5.74) is 1.85. The smallest absolute Gasteiger partial charge is 0.244 e. The molecule has 0 saturated carbocycles. The predicted octanol–water partition coefficient (Wildman–Crippen LogP) is 1.88. The summed E-state index contributed by atoms with van der Waals surface area (Å²) in [6.07, 6.45) is 2.53. The summed E-state index contributed by atoms with van der Waals surface area (Å²) in [6.45, 7) is 4.62. The molecule has 0 radical (unpaired) electrons. The van der Waals surface area contributed by atoms with Crippen LogP contribution in [0.5, 0.6) is 0 Å². The van der Waals surface area contributed by atoms with Crippen LogP contribution in [0.2, 0.25) is 0 Å². The number of amides is 2. The van der Waals surface area contributed by atoms with Gasteiger partial charge < -0.3 is 10.2 Å². The standard InChI is InChI=1S/C16H23N3O2/c1-3-5-13-9-16(21)19(11-17-13)10-15(20)18-14-7-4-6-12(2)8-14/h4,6-8,13,17H,3,5,9-11H2,1-2H3,(H,18,20). The maximum absolute atomic E-state index is 12.0. The zero-order valence-corrected chi connectivity index (χ0v) is 12.7. The van der Waals surface area contributed by atoms with Gasteiger partial charge >= 0.3 is 0 Å². The number of hydrogen-bond acceptors (Lipinski definition) is 3. The fraction of sp³-hybridized carbons (Fsp3) is 0.500. The second-order valence-corrected chi connectivity index (χ2v) is 5.56. The highest BCUT2D eigenvalue weighted by Gasteiger charge is 2.25. The zero-order chi connectivity index (χ0) is 15.2. The van der Waals surface area contributed by atoms with Gasteiger partial charge in [-0.2, -0.15) is 0 Å². The summed E-state index contributed by atoms with van der Waals surface area (Å²) >= 11 is 0. The van der Waals surface area contributed by atoms with Gasteiger partial charge in [0.25, 0.3) is 0 Å². The summed E-state index contributed by atoms with van der Waals surface area (Å²) in [7, 11) is 0. The van der Waals surface area contributed by atoms with Crippen molar-refractivity contribution in [1.29, 1.82) is 0 Å². The number of nitrogens with one attached hydrogen (secondary N) is 2. The van der Waals surface area contributed by atoms with Gasteiger partial charge in [-0.1, -0.05) is 25.5 Å². The molecule has 114 valence electrons. The first-order valence-corrected chi connectivity index (χ1v) is 7.46. The lowest BCUT2D eigenvalue weighted by molar-refractivity contribution is -0.138. The van der Waals surface area contributed by atoms with Crippen LogP contribution in [-0.4, -0.2) is 36.0 Å². The lowest BCUT2D eigenvalue weighted by atomic mass is 10.1. The summed E-state index contributed by atoms with van der Waals surface area (Å²) in [5, 5.41) is 6.13. The average Bonchev–Trinajstić information content (AvgIpc) is 2.42. The van der Waals surface area contributed by atoms with Crippen LogP contribution in [0.25, 0.3) is 0 Å². The quantitative estimate of drug-likeness (QED) is 0.870. The normalized spacial score (nSPS) is 18.7. The van der Waals surface area contributed by atoms with Gasteiger partial charge in [0.05, 0.1) is 6.67 Å². The fourth-order valence-corrected chi connectivity index (χ4v) is 2.53. The lowest BCUT2D eigenvalue weighted by Gasteiger charge is -2.32. The molecule has 1 saturated heterocycles. The van der Waals surface area contributed by atoms with Crippen molar-refractivity contribution in [3.05, 3.63) is 29.8 Å². The molecule has 1 aromatic carbocycles. The Labute approximate surface area is 125 Å². The number of rotatable bonds is 5. The van der Waals surface area contributed by atoms with Gasteiger partial charge in [-0.3, -0.25) is 14.9 Å². The Morgan fingerprint density at radius 2 is 2.29 bits per heavy atom. The van der Waals surface area contributed by atoms with Crippen molar-refractivity contribution in [1.82, 2.24) is 10.2 Å². The van der Waals surface area contributed by atoms with E-state index in [9.17, 15) is 9.59 Å². The molecule has 0 bridgehead atoms. The highest BCUT2D eigenvalue weighted by Crippen LogP contribution is 2.12. The van der Waals surface area contributed by atoms with Gasteiger partial charge in [0, 0.05) is 18.2 Å². The molecule has 2 rings (SSSR count). The minimum absolute atomic E-state index is 0.0478. The van der Waals surface area contributed by atoms with Crippen molar-refractivity contribution in [2.75, 3.05) is 18.5 Å². The SMILES string of the molecule is CCCC1CC(=O)N(CC(=O)Nc2cccc(C)c2)CN1. The summed E-state index contributed by atoms with van der Waals surface area (Å²) in [6, 6.07) is 7.87. The maximum atomic E-state index is 12.0. The predicted molar refractivity (Wildman–Crippen MR) is 82.8 cm³/mol. The highest BCUT2D eigenvalue weighted by atomic mass is 16.2. The van der Waals surface area contributed by atoms with Crippen LogP contribution in [0.3, 0.4) is 0 Å². The third kappa shape index (κ3) is 4.56. The van der Waals surface area contributed by atoms with E-state index < -0.39 is 0 Å². The van der Waals surface area contributed by atoms with Crippen molar-refractivity contribution >= 4 is 17.5 Å². The number of nitrogens with zero attached hydrogens (tertiary/aromatic N) is 1. The monoisotopic (exact) mass is 289 g/mol. The molecule has 0 spiro atoms. The maximum Gasteiger partial charge on any atom is 0.244 e. The number of carbonyl (C=O) groups excluding carboxylic acids is 2. The molecule has 5 nitrogen and oxygen atoms in total. The van der Waals surface area contributed by atoms with Crippen molar-refractivity contribution in [2.45, 2.75) is 39.2 Å². The van der Waals surface area contributed by atoms with E-state index in [4.69, 9.17) is 0 Å². The van der Waals surface area contributed by atoms with E-state index >= 15 is 0 Å². The van der Waals surface area contributed by atoms with Gasteiger partial charge in [-0.15, -0.1) is 0 Å². The number of hydrogen-bond donors (Lipinski definition) is 2. The van der Waals surface area contributed by atoms with E-state index in [1.54, 1.807) is 4.90 Å². The molecule has 1 aromatic rings. The molecule has 1 aliphatic heterocycles. The Kier molecular flexibility index (Phi) is 5.33. The molecule has 5 heteroatoms. The molecule has 0 aromatic heterocycles. The van der Waals surface area contributed by atoms with E-state index in [2.05, 4.69) is 17.6 Å². The Bertz CT molecular complexity index is 516. The van der Waals surface area contributed by atoms with E-state index in [0.717, 1.165) is 24.1 Å². The molecule has 1 heterocycles. The first kappa shape index (κ1) is 15.5. The minimum Gasteiger partial charge on any atom is -0.325 e. The molecule has 21 heavy (non-hydrogen) atoms. The van der Waals surface area contributed by atoms with Crippen LogP contribution in [0.15, 0.2) is 24.3 Å².